The van der Waals surface area contributed by atoms with Crippen molar-refractivity contribution in [3.8, 4) is 5.69 Å². The molecule has 0 saturated heterocycles. The van der Waals surface area contributed by atoms with Gasteiger partial charge in [0.05, 0.1) is 11.9 Å². The predicted molar refractivity (Wildman–Crippen MR) is 70.3 cm³/mol. The molecule has 1 aliphatic rings. The summed E-state index contributed by atoms with van der Waals surface area (Å²) in [4.78, 5) is 16.2. The zero-order valence-electron chi connectivity index (χ0n) is 10.7. The molecule has 92 valence electrons. The molecule has 0 saturated carbocycles. The van der Waals surface area contributed by atoms with E-state index in [9.17, 15) is 4.79 Å². The van der Waals surface area contributed by atoms with E-state index in [-0.39, 0.29) is 5.78 Å². The normalized spacial score (nSPS) is 14.7. The second-order valence-corrected chi connectivity index (χ2v) is 4.98. The van der Waals surface area contributed by atoms with Crippen molar-refractivity contribution >= 4 is 5.78 Å². The molecule has 2 aromatic rings. The molecule has 3 heteroatoms. The molecule has 0 N–H and O–H groups in total. The molecule has 0 atom stereocenters. The summed E-state index contributed by atoms with van der Waals surface area (Å²) in [5, 5.41) is 0. The van der Waals surface area contributed by atoms with E-state index in [1.54, 1.807) is 0 Å². The standard InChI is InChI=1S/C15H16N2O/c1-10-6-12(9-16-8-10)17-11(2)7-13-14(17)4-3-5-15(13)18/h6-9H,3-5H2,1-2H3. The van der Waals surface area contributed by atoms with Gasteiger partial charge in [-0.15, -0.1) is 0 Å². The molecule has 0 aromatic carbocycles. The lowest BCUT2D eigenvalue weighted by Gasteiger charge is -2.16. The van der Waals surface area contributed by atoms with Gasteiger partial charge in [-0.2, -0.15) is 0 Å². The zero-order chi connectivity index (χ0) is 12.7. The van der Waals surface area contributed by atoms with Crippen molar-refractivity contribution in [3.63, 3.8) is 0 Å². The van der Waals surface area contributed by atoms with Crippen molar-refractivity contribution in [2.75, 3.05) is 0 Å². The van der Waals surface area contributed by atoms with Crippen molar-refractivity contribution < 1.29 is 4.79 Å². The SMILES string of the molecule is Cc1cncc(-n2c(C)cc3c2CCCC3=O)c1. The first kappa shape index (κ1) is 11.2. The van der Waals surface area contributed by atoms with Gasteiger partial charge in [0, 0.05) is 29.6 Å². The van der Waals surface area contributed by atoms with Crippen LogP contribution in [0.2, 0.25) is 0 Å². The van der Waals surface area contributed by atoms with Crippen LogP contribution in [0.1, 0.15) is 40.2 Å². The van der Waals surface area contributed by atoms with E-state index in [1.165, 1.54) is 0 Å². The molecule has 3 rings (SSSR count). The van der Waals surface area contributed by atoms with Crippen LogP contribution in [0.4, 0.5) is 0 Å². The fourth-order valence-corrected chi connectivity index (χ4v) is 2.75. The molecule has 0 unspecified atom stereocenters. The third-order valence-electron chi connectivity index (χ3n) is 3.52. The summed E-state index contributed by atoms with van der Waals surface area (Å²) in [5.74, 6) is 0.277. The van der Waals surface area contributed by atoms with Gasteiger partial charge in [0.15, 0.2) is 5.78 Å². The molecule has 0 bridgehead atoms. The Kier molecular flexibility index (Phi) is 2.54. The van der Waals surface area contributed by atoms with Crippen molar-refractivity contribution in [2.45, 2.75) is 33.1 Å². The van der Waals surface area contributed by atoms with Gasteiger partial charge in [0.2, 0.25) is 0 Å². The number of hydrogen-bond acceptors (Lipinski definition) is 2. The molecule has 0 fully saturated rings. The van der Waals surface area contributed by atoms with Crippen LogP contribution in [0, 0.1) is 13.8 Å². The Morgan fingerprint density at radius 2 is 2.00 bits per heavy atom. The Morgan fingerprint density at radius 3 is 2.78 bits per heavy atom. The van der Waals surface area contributed by atoms with E-state index in [4.69, 9.17) is 0 Å². The molecule has 18 heavy (non-hydrogen) atoms. The average Bonchev–Trinajstić information content (AvgIpc) is 2.67. The number of fused-ring (bicyclic) bond motifs is 1. The number of ketones is 1. The number of pyridine rings is 1. The van der Waals surface area contributed by atoms with Crippen LogP contribution in [0.25, 0.3) is 5.69 Å². The number of carbonyl (C=O) groups is 1. The first-order valence-electron chi connectivity index (χ1n) is 6.33. The molecule has 2 aromatic heterocycles. The molecule has 0 spiro atoms. The number of nitrogens with zero attached hydrogens (tertiary/aromatic N) is 2. The van der Waals surface area contributed by atoms with E-state index < -0.39 is 0 Å². The Morgan fingerprint density at radius 1 is 1.17 bits per heavy atom. The zero-order valence-corrected chi connectivity index (χ0v) is 10.7. The van der Waals surface area contributed by atoms with Gasteiger partial charge in [0.1, 0.15) is 0 Å². The molecular weight excluding hydrogens is 224 g/mol. The van der Waals surface area contributed by atoms with Gasteiger partial charge < -0.3 is 4.57 Å². The summed E-state index contributed by atoms with van der Waals surface area (Å²) in [6, 6.07) is 4.12. The third kappa shape index (κ3) is 1.67. The molecule has 1 aliphatic carbocycles. The van der Waals surface area contributed by atoms with Gasteiger partial charge >= 0.3 is 0 Å². The fraction of sp³-hybridized carbons (Fsp3) is 0.333. The maximum atomic E-state index is 11.9. The number of carbonyl (C=O) groups excluding carboxylic acids is 1. The van der Waals surface area contributed by atoms with Crippen molar-refractivity contribution in [1.82, 2.24) is 9.55 Å². The molecule has 2 heterocycles. The van der Waals surface area contributed by atoms with Crippen LogP contribution in [0.15, 0.2) is 24.5 Å². The predicted octanol–water partition coefficient (Wildman–Crippen LogP) is 3.01. The van der Waals surface area contributed by atoms with E-state index in [0.29, 0.717) is 6.42 Å². The van der Waals surface area contributed by atoms with Crippen molar-refractivity contribution in [3.05, 3.63) is 47.0 Å². The second kappa shape index (κ2) is 4.09. The number of rotatable bonds is 1. The fourth-order valence-electron chi connectivity index (χ4n) is 2.75. The summed E-state index contributed by atoms with van der Waals surface area (Å²) < 4.78 is 2.17. The van der Waals surface area contributed by atoms with Crippen LogP contribution < -0.4 is 0 Å². The minimum Gasteiger partial charge on any atom is -0.316 e. The van der Waals surface area contributed by atoms with Gasteiger partial charge in [-0.1, -0.05) is 0 Å². The van der Waals surface area contributed by atoms with Gasteiger partial charge in [-0.3, -0.25) is 9.78 Å². The Labute approximate surface area is 106 Å². The monoisotopic (exact) mass is 240 g/mol. The number of hydrogen-bond donors (Lipinski definition) is 0. The third-order valence-corrected chi connectivity index (χ3v) is 3.52. The first-order chi connectivity index (χ1) is 8.66. The lowest BCUT2D eigenvalue weighted by molar-refractivity contribution is 0.0972. The van der Waals surface area contributed by atoms with Crippen LogP contribution in [-0.2, 0) is 6.42 Å². The topological polar surface area (TPSA) is 34.9 Å². The first-order valence-corrected chi connectivity index (χ1v) is 6.33. The van der Waals surface area contributed by atoms with E-state index in [1.807, 2.05) is 32.3 Å². The van der Waals surface area contributed by atoms with Crippen molar-refractivity contribution in [1.29, 1.82) is 0 Å². The minimum absolute atomic E-state index is 0.277. The largest absolute Gasteiger partial charge is 0.316 e. The number of Topliss-reactive ketones (excluding diaryl/α,β-unsaturated/α-hetero) is 1. The van der Waals surface area contributed by atoms with E-state index in [0.717, 1.165) is 41.0 Å². The second-order valence-electron chi connectivity index (χ2n) is 4.98. The smallest absolute Gasteiger partial charge is 0.164 e. The highest BCUT2D eigenvalue weighted by Crippen LogP contribution is 2.27. The summed E-state index contributed by atoms with van der Waals surface area (Å²) in [6.07, 6.45) is 6.32. The van der Waals surface area contributed by atoms with Gasteiger partial charge in [-0.05, 0) is 44.4 Å². The molecule has 0 radical (unpaired) electrons. The maximum absolute atomic E-state index is 11.9. The van der Waals surface area contributed by atoms with Crippen LogP contribution >= 0.6 is 0 Å². The number of aromatic nitrogens is 2. The Hall–Kier alpha value is -1.90. The van der Waals surface area contributed by atoms with Gasteiger partial charge in [-0.25, -0.2) is 0 Å². The molecule has 0 aliphatic heterocycles. The molecular formula is C15H16N2O. The van der Waals surface area contributed by atoms with Crippen LogP contribution in [-0.4, -0.2) is 15.3 Å². The maximum Gasteiger partial charge on any atom is 0.164 e. The number of aryl methyl sites for hydroxylation is 2. The lowest BCUT2D eigenvalue weighted by Crippen LogP contribution is -2.12. The summed E-state index contributed by atoms with van der Waals surface area (Å²) in [5.41, 5.74) is 5.36. The Bertz CT molecular complexity index is 625. The van der Waals surface area contributed by atoms with Crippen LogP contribution in [0.3, 0.4) is 0 Å². The quantitative estimate of drug-likeness (QED) is 0.768. The van der Waals surface area contributed by atoms with E-state index >= 15 is 0 Å². The highest BCUT2D eigenvalue weighted by Gasteiger charge is 2.23. The molecule has 0 amide bonds. The highest BCUT2D eigenvalue weighted by molar-refractivity contribution is 5.98. The van der Waals surface area contributed by atoms with Crippen LogP contribution in [0.5, 0.6) is 0 Å². The minimum atomic E-state index is 0.277. The van der Waals surface area contributed by atoms with E-state index in [2.05, 4.69) is 15.6 Å². The highest BCUT2D eigenvalue weighted by atomic mass is 16.1. The summed E-state index contributed by atoms with van der Waals surface area (Å²) in [7, 11) is 0. The molecule has 3 nitrogen and oxygen atoms in total. The van der Waals surface area contributed by atoms with Crippen molar-refractivity contribution in [2.24, 2.45) is 0 Å². The summed E-state index contributed by atoms with van der Waals surface area (Å²) >= 11 is 0. The average molecular weight is 240 g/mol. The Balaban J connectivity index is 2.21. The summed E-state index contributed by atoms with van der Waals surface area (Å²) in [6.45, 7) is 4.08. The lowest BCUT2D eigenvalue weighted by atomic mass is 9.96. The van der Waals surface area contributed by atoms with Gasteiger partial charge in [0.25, 0.3) is 0 Å².